The molecule has 0 spiro atoms. The molecule has 318 valence electrons. The molecule has 1 aliphatic carbocycles. The van der Waals surface area contributed by atoms with Gasteiger partial charge in [0, 0.05) is 49.7 Å². The molecule has 0 amide bonds. The zero-order valence-electron chi connectivity index (χ0n) is 37.0. The molecule has 12 aromatic rings. The molecular weight excluding hydrogens is 827 g/mol. The van der Waals surface area contributed by atoms with Crippen LogP contribution in [0.25, 0.3) is 118 Å². The van der Waals surface area contributed by atoms with Crippen LogP contribution in [0, 0.1) is 12.1 Å². The topological polar surface area (TPSA) is 48.5 Å². The number of benzene rings is 8. The summed E-state index contributed by atoms with van der Waals surface area (Å²) in [5.41, 5.74) is 16.9. The van der Waals surface area contributed by atoms with Crippen molar-refractivity contribution in [1.82, 2.24) is 24.1 Å². The Morgan fingerprint density at radius 3 is 1.51 bits per heavy atom. The van der Waals surface area contributed by atoms with Crippen molar-refractivity contribution < 1.29 is 0 Å². The van der Waals surface area contributed by atoms with Crippen molar-refractivity contribution in [3.63, 3.8) is 0 Å². The normalized spacial score (nSPS) is 12.1. The molecule has 68 heavy (non-hydrogen) atoms. The monoisotopic (exact) mass is 867 g/mol. The fourth-order valence-corrected chi connectivity index (χ4v) is 10.1. The highest BCUT2D eigenvalue weighted by Gasteiger charge is 2.24. The van der Waals surface area contributed by atoms with Crippen molar-refractivity contribution in [2.24, 2.45) is 0 Å². The van der Waals surface area contributed by atoms with Gasteiger partial charge in [0.25, 0.3) is 0 Å². The largest absolute Gasteiger partial charge is 0.312 e. The first-order chi connectivity index (χ1) is 33.7. The van der Waals surface area contributed by atoms with Crippen molar-refractivity contribution in [3.8, 4) is 78.9 Å². The highest BCUT2D eigenvalue weighted by atomic mass is 15.1. The maximum absolute atomic E-state index is 5.36. The van der Waals surface area contributed by atoms with E-state index < -0.39 is 0 Å². The van der Waals surface area contributed by atoms with Crippen LogP contribution in [0.4, 0.5) is 0 Å². The predicted octanol–water partition coefficient (Wildman–Crippen LogP) is 15.5. The van der Waals surface area contributed by atoms with Crippen LogP contribution in [0.5, 0.6) is 0 Å². The second-order valence-corrected chi connectivity index (χ2v) is 17.3. The Kier molecular flexibility index (Phi) is 9.47. The second kappa shape index (κ2) is 16.4. The van der Waals surface area contributed by atoms with Gasteiger partial charge in [0.2, 0.25) is 0 Å². The lowest BCUT2D eigenvalue weighted by Gasteiger charge is -2.18. The molecule has 3 heterocycles. The molecule has 0 aliphatic heterocycles. The fourth-order valence-electron chi connectivity index (χ4n) is 10.1. The average Bonchev–Trinajstić information content (AvgIpc) is 3.93. The van der Waals surface area contributed by atoms with Crippen molar-refractivity contribution in [1.29, 1.82) is 0 Å². The summed E-state index contributed by atoms with van der Waals surface area (Å²) in [6, 6.07) is 82.3. The number of fused-ring (bicyclic) bond motifs is 6. The third-order valence-corrected chi connectivity index (χ3v) is 13.3. The van der Waals surface area contributed by atoms with Crippen LogP contribution >= 0.6 is 0 Å². The van der Waals surface area contributed by atoms with E-state index in [1.165, 1.54) is 22.2 Å². The molecule has 0 saturated carbocycles. The van der Waals surface area contributed by atoms with Gasteiger partial charge in [-0.05, 0) is 83.6 Å². The minimum atomic E-state index is 0.544. The van der Waals surface area contributed by atoms with Crippen LogP contribution in [0.15, 0.2) is 218 Å². The van der Waals surface area contributed by atoms with Gasteiger partial charge in [0.05, 0.1) is 27.8 Å². The van der Waals surface area contributed by atoms with Crippen LogP contribution in [0.2, 0.25) is 0 Å². The standard InChI is InChI=1S/C63H41N5/c1-5-19-42(20-6-1)46-33-36-58-52(39-46)53-40-47(43-21-7-2-8-22-43)34-37-59(53)68(58)60-38-35-48(49-27-13-16-30-55(49)67-56-31-17-14-28-50(56)51-29-15-18-32-57(51)67)41-54(60)63-65-61(44-23-9-3-10-24-44)64-62(66-63)45-25-11-4-12-26-45/h1-17,19-31,33-34,36-37,39-41H,18,32H2. The molecule has 0 unspecified atom stereocenters. The van der Waals surface area contributed by atoms with Crippen LogP contribution in [0.3, 0.4) is 0 Å². The molecule has 1 aliphatic rings. The molecule has 0 N–H and O–H groups in total. The molecule has 3 aromatic heterocycles. The Labute approximate surface area is 394 Å². The van der Waals surface area contributed by atoms with Gasteiger partial charge in [-0.3, -0.25) is 0 Å². The van der Waals surface area contributed by atoms with Crippen molar-refractivity contribution in [3.05, 3.63) is 242 Å². The Hall–Kier alpha value is -9.11. The van der Waals surface area contributed by atoms with E-state index >= 15 is 0 Å². The van der Waals surface area contributed by atoms with Gasteiger partial charge in [-0.15, -0.1) is 0 Å². The van der Waals surface area contributed by atoms with E-state index in [0.717, 1.165) is 96.1 Å². The van der Waals surface area contributed by atoms with E-state index in [1.807, 2.05) is 36.4 Å². The minimum absolute atomic E-state index is 0.544. The highest BCUT2D eigenvalue weighted by molar-refractivity contribution is 6.12. The molecule has 0 bridgehead atoms. The number of rotatable bonds is 8. The SMILES string of the molecule is c1c(-c2ccccc2-n2c3c(c4ccccc42)C=CCC3)cc(-c2nc(-c3ccccc3)nc(-c3ccccc3)n2)c(-n2c3ccc(-c4ccccc4)cc3c3cc(-c4ccccc4)ccc32)c#1. The number of allylic oxidation sites excluding steroid dienone is 1. The average molecular weight is 868 g/mol. The summed E-state index contributed by atoms with van der Waals surface area (Å²) in [7, 11) is 0. The Bertz CT molecular complexity index is 3730. The maximum atomic E-state index is 5.36. The fraction of sp³-hybridized carbons (Fsp3) is 0.0317. The first-order valence-electron chi connectivity index (χ1n) is 23.2. The van der Waals surface area contributed by atoms with Gasteiger partial charge in [-0.25, -0.2) is 15.0 Å². The molecule has 9 aromatic carbocycles. The maximum Gasteiger partial charge on any atom is 0.166 e. The second-order valence-electron chi connectivity index (χ2n) is 17.3. The van der Waals surface area contributed by atoms with Crippen molar-refractivity contribution >= 4 is 38.8 Å². The van der Waals surface area contributed by atoms with Crippen molar-refractivity contribution in [2.75, 3.05) is 0 Å². The highest BCUT2D eigenvalue weighted by Crippen LogP contribution is 2.42. The van der Waals surface area contributed by atoms with Crippen LogP contribution in [-0.4, -0.2) is 24.1 Å². The first-order valence-corrected chi connectivity index (χ1v) is 23.2. The summed E-state index contributed by atoms with van der Waals surface area (Å²) in [4.78, 5) is 15.8. The Morgan fingerprint density at radius 1 is 0.382 bits per heavy atom. The Morgan fingerprint density at radius 2 is 0.897 bits per heavy atom. The van der Waals surface area contributed by atoms with Gasteiger partial charge in [-0.2, -0.15) is 0 Å². The zero-order chi connectivity index (χ0) is 45.0. The molecule has 0 radical (unpaired) electrons. The third kappa shape index (κ3) is 6.70. The first kappa shape index (κ1) is 39.3. The summed E-state index contributed by atoms with van der Waals surface area (Å²) < 4.78 is 4.78. The predicted molar refractivity (Wildman–Crippen MR) is 279 cm³/mol. The lowest BCUT2D eigenvalue weighted by atomic mass is 10.00. The van der Waals surface area contributed by atoms with Crippen molar-refractivity contribution in [2.45, 2.75) is 12.8 Å². The van der Waals surface area contributed by atoms with Crippen LogP contribution in [0.1, 0.15) is 17.7 Å². The van der Waals surface area contributed by atoms with E-state index in [0.29, 0.717) is 17.5 Å². The van der Waals surface area contributed by atoms with E-state index in [9.17, 15) is 0 Å². The summed E-state index contributed by atoms with van der Waals surface area (Å²) in [6.07, 6.45) is 6.53. The number of nitrogens with zero attached hydrogens (tertiary/aromatic N) is 5. The van der Waals surface area contributed by atoms with E-state index in [1.54, 1.807) is 0 Å². The van der Waals surface area contributed by atoms with Gasteiger partial charge in [-0.1, -0.05) is 188 Å². The van der Waals surface area contributed by atoms with E-state index in [-0.39, 0.29) is 0 Å². The lowest BCUT2D eigenvalue weighted by molar-refractivity contribution is 0.889. The molecule has 13 rings (SSSR count). The van der Waals surface area contributed by atoms with Gasteiger partial charge >= 0.3 is 0 Å². The molecule has 0 saturated heterocycles. The van der Waals surface area contributed by atoms with Crippen LogP contribution < -0.4 is 0 Å². The van der Waals surface area contributed by atoms with Crippen LogP contribution in [-0.2, 0) is 6.42 Å². The number of para-hydroxylation sites is 2. The zero-order valence-corrected chi connectivity index (χ0v) is 37.0. The summed E-state index contributed by atoms with van der Waals surface area (Å²) >= 11 is 0. The quantitative estimate of drug-likeness (QED) is 0.153. The molecule has 5 nitrogen and oxygen atoms in total. The number of aromatic nitrogens is 5. The smallest absolute Gasteiger partial charge is 0.166 e. The van der Waals surface area contributed by atoms with Gasteiger partial charge < -0.3 is 9.13 Å². The lowest BCUT2D eigenvalue weighted by Crippen LogP contribution is -2.05. The summed E-state index contributed by atoms with van der Waals surface area (Å²) in [6.45, 7) is 0. The van der Waals surface area contributed by atoms with E-state index in [2.05, 4.69) is 209 Å². The van der Waals surface area contributed by atoms with E-state index in [4.69, 9.17) is 15.0 Å². The Balaban J connectivity index is 1.10. The number of hydrogen-bond acceptors (Lipinski definition) is 3. The molecule has 0 fully saturated rings. The summed E-state index contributed by atoms with van der Waals surface area (Å²) in [5, 5.41) is 3.53. The van der Waals surface area contributed by atoms with Gasteiger partial charge in [0.15, 0.2) is 17.5 Å². The number of hydrogen-bond donors (Lipinski definition) is 0. The summed E-state index contributed by atoms with van der Waals surface area (Å²) in [5.74, 6) is 1.73. The molecular formula is C63H41N5. The minimum Gasteiger partial charge on any atom is -0.312 e. The van der Waals surface area contributed by atoms with Gasteiger partial charge in [0.1, 0.15) is 5.69 Å². The molecule has 0 atom stereocenters. The molecule has 5 heteroatoms. The third-order valence-electron chi connectivity index (χ3n) is 13.3.